The van der Waals surface area contributed by atoms with Crippen LogP contribution in [0.25, 0.3) is 0 Å². The van der Waals surface area contributed by atoms with Crippen LogP contribution in [0.5, 0.6) is 5.75 Å². The zero-order valence-electron chi connectivity index (χ0n) is 18.7. The van der Waals surface area contributed by atoms with Crippen molar-refractivity contribution < 1.29 is 9.53 Å². The number of hydrogen-bond acceptors (Lipinski definition) is 4. The molecule has 0 aromatic heterocycles. The first-order valence-electron chi connectivity index (χ1n) is 10.3. The largest absolute Gasteiger partial charge is 0.483 e. The van der Waals surface area contributed by atoms with Crippen LogP contribution in [0, 0.1) is 6.92 Å². The zero-order chi connectivity index (χ0) is 21.9. The Labute approximate surface area is 179 Å². The van der Waals surface area contributed by atoms with Crippen molar-refractivity contribution in [1.82, 2.24) is 5.43 Å². The molecule has 1 aliphatic rings. The first-order valence-corrected chi connectivity index (χ1v) is 10.3. The number of carbonyl (C=O) groups is 1. The van der Waals surface area contributed by atoms with E-state index in [0.29, 0.717) is 5.92 Å². The normalized spacial score (nSPS) is 16.4. The minimum Gasteiger partial charge on any atom is -0.483 e. The van der Waals surface area contributed by atoms with Crippen molar-refractivity contribution in [3.8, 4) is 5.75 Å². The van der Waals surface area contributed by atoms with Crippen molar-refractivity contribution in [2.45, 2.75) is 46.0 Å². The average molecular weight is 406 g/mol. The number of hydrogen-bond donors (Lipinski definition) is 1. The van der Waals surface area contributed by atoms with E-state index >= 15 is 0 Å². The number of rotatable bonds is 6. The number of ether oxygens (including phenoxy) is 1. The average Bonchev–Trinajstić information content (AvgIpc) is 2.90. The number of nitrogens with zero attached hydrogens (tertiary/aromatic N) is 2. The van der Waals surface area contributed by atoms with E-state index in [1.54, 1.807) is 6.21 Å². The third-order valence-corrected chi connectivity index (χ3v) is 5.59. The van der Waals surface area contributed by atoms with Gasteiger partial charge in [-0.3, -0.25) is 4.79 Å². The van der Waals surface area contributed by atoms with E-state index < -0.39 is 0 Å². The van der Waals surface area contributed by atoms with Crippen LogP contribution in [-0.2, 0) is 10.2 Å². The van der Waals surface area contributed by atoms with E-state index in [1.165, 1.54) is 11.3 Å². The maximum atomic E-state index is 12.2. The molecule has 5 heteroatoms. The summed E-state index contributed by atoms with van der Waals surface area (Å²) in [5, 5.41) is 4.08. The van der Waals surface area contributed by atoms with Gasteiger partial charge in [0.1, 0.15) is 5.75 Å². The monoisotopic (exact) mass is 405 g/mol. The summed E-state index contributed by atoms with van der Waals surface area (Å²) < 4.78 is 5.75. The molecule has 0 bridgehead atoms. The van der Waals surface area contributed by atoms with E-state index in [1.807, 2.05) is 32.2 Å². The van der Waals surface area contributed by atoms with E-state index in [9.17, 15) is 4.79 Å². The molecule has 2 aromatic rings. The molecular weight excluding hydrogens is 374 g/mol. The van der Waals surface area contributed by atoms with Crippen LogP contribution in [0.4, 0.5) is 5.69 Å². The predicted molar refractivity (Wildman–Crippen MR) is 123 cm³/mol. The van der Waals surface area contributed by atoms with Crippen molar-refractivity contribution in [3.63, 3.8) is 0 Å². The van der Waals surface area contributed by atoms with Gasteiger partial charge >= 0.3 is 0 Å². The van der Waals surface area contributed by atoms with E-state index in [0.717, 1.165) is 22.6 Å². The molecule has 0 atom stereocenters. The maximum absolute atomic E-state index is 12.2. The number of likely N-dealkylation sites (N-methyl/N-ethyl adjacent to an activating group) is 1. The Morgan fingerprint density at radius 1 is 1.23 bits per heavy atom. The summed E-state index contributed by atoms with van der Waals surface area (Å²) in [7, 11) is 2.05. The van der Waals surface area contributed by atoms with Crippen molar-refractivity contribution in [3.05, 3.63) is 70.9 Å². The summed E-state index contributed by atoms with van der Waals surface area (Å²) in [6.45, 7) is 10.5. The van der Waals surface area contributed by atoms with Crippen LogP contribution < -0.4 is 15.1 Å². The molecule has 0 aliphatic carbocycles. The lowest BCUT2D eigenvalue weighted by Crippen LogP contribution is -2.25. The van der Waals surface area contributed by atoms with Crippen LogP contribution in [0.3, 0.4) is 0 Å². The third kappa shape index (κ3) is 4.40. The van der Waals surface area contributed by atoms with Gasteiger partial charge in [-0.05, 0) is 47.7 Å². The second-order valence-corrected chi connectivity index (χ2v) is 8.55. The van der Waals surface area contributed by atoms with Crippen LogP contribution in [0.2, 0.25) is 0 Å². The van der Waals surface area contributed by atoms with Gasteiger partial charge in [0.05, 0.1) is 0 Å². The van der Waals surface area contributed by atoms with Crippen molar-refractivity contribution in [2.75, 3.05) is 18.6 Å². The number of anilines is 1. The fraction of sp³-hybridized carbons (Fsp3) is 0.360. The van der Waals surface area contributed by atoms with Crippen LogP contribution >= 0.6 is 0 Å². The second kappa shape index (κ2) is 8.74. The number of nitrogens with one attached hydrogen (secondary N) is 1. The molecule has 0 radical (unpaired) electrons. The van der Waals surface area contributed by atoms with E-state index in [-0.39, 0.29) is 17.9 Å². The van der Waals surface area contributed by atoms with Gasteiger partial charge in [-0.1, -0.05) is 58.0 Å². The SMILES string of the molecule is Cc1ccc(C(C)C)c(OCC(=O)NN=CC=C2N(C)c3ccccc3C2(C)C)c1. The summed E-state index contributed by atoms with van der Waals surface area (Å²) in [5.41, 5.74) is 8.21. The van der Waals surface area contributed by atoms with Crippen molar-refractivity contribution >= 4 is 17.8 Å². The van der Waals surface area contributed by atoms with Crippen LogP contribution in [-0.4, -0.2) is 25.8 Å². The minimum atomic E-state index is -0.289. The summed E-state index contributed by atoms with van der Waals surface area (Å²) in [6.07, 6.45) is 3.57. The molecular formula is C25H31N3O2. The molecule has 1 amide bonds. The van der Waals surface area contributed by atoms with Crippen LogP contribution in [0.1, 0.15) is 50.3 Å². The Hall–Kier alpha value is -3.08. The summed E-state index contributed by atoms with van der Waals surface area (Å²) in [5.74, 6) is 0.783. The van der Waals surface area contributed by atoms with E-state index in [2.05, 4.69) is 73.5 Å². The van der Waals surface area contributed by atoms with Gasteiger partial charge in [-0.2, -0.15) is 5.10 Å². The summed E-state index contributed by atoms with van der Waals surface area (Å²) in [4.78, 5) is 14.3. The van der Waals surface area contributed by atoms with Gasteiger partial charge < -0.3 is 9.64 Å². The molecule has 0 saturated carbocycles. The molecule has 1 N–H and O–H groups in total. The lowest BCUT2D eigenvalue weighted by Gasteiger charge is -2.23. The molecule has 0 spiro atoms. The fourth-order valence-electron chi connectivity index (χ4n) is 3.94. The molecule has 0 saturated heterocycles. The molecule has 30 heavy (non-hydrogen) atoms. The molecule has 1 aliphatic heterocycles. The van der Waals surface area contributed by atoms with Gasteiger partial charge in [0.15, 0.2) is 6.61 Å². The Bertz CT molecular complexity index is 990. The third-order valence-electron chi connectivity index (χ3n) is 5.59. The fourth-order valence-corrected chi connectivity index (χ4v) is 3.94. The Morgan fingerprint density at radius 3 is 2.67 bits per heavy atom. The highest BCUT2D eigenvalue weighted by Crippen LogP contribution is 2.46. The molecule has 2 aromatic carbocycles. The number of hydrazone groups is 1. The van der Waals surface area contributed by atoms with Gasteiger partial charge in [0.2, 0.25) is 0 Å². The first kappa shape index (κ1) is 21.6. The lowest BCUT2D eigenvalue weighted by atomic mass is 9.84. The molecule has 3 rings (SSSR count). The van der Waals surface area contributed by atoms with Crippen molar-refractivity contribution in [2.24, 2.45) is 5.10 Å². The van der Waals surface area contributed by atoms with Gasteiger partial charge in [0, 0.05) is 30.1 Å². The standard InChI is InChI=1S/C25H31N3O2/c1-17(2)19-12-11-18(3)15-22(19)30-16-24(29)27-26-14-13-23-25(4,5)20-9-7-8-10-21(20)28(23)6/h7-15,17H,16H2,1-6H3,(H,27,29). The van der Waals surface area contributed by atoms with Crippen LogP contribution in [0.15, 0.2) is 59.3 Å². The highest BCUT2D eigenvalue weighted by molar-refractivity contribution is 5.82. The number of amides is 1. The maximum Gasteiger partial charge on any atom is 0.277 e. The Kier molecular flexibility index (Phi) is 6.30. The minimum absolute atomic E-state index is 0.0755. The second-order valence-electron chi connectivity index (χ2n) is 8.55. The number of aryl methyl sites for hydroxylation is 1. The van der Waals surface area contributed by atoms with Gasteiger partial charge in [-0.25, -0.2) is 5.43 Å². The first-order chi connectivity index (χ1) is 14.2. The van der Waals surface area contributed by atoms with Gasteiger partial charge in [0.25, 0.3) is 5.91 Å². The van der Waals surface area contributed by atoms with Gasteiger partial charge in [-0.15, -0.1) is 0 Å². The lowest BCUT2D eigenvalue weighted by molar-refractivity contribution is -0.123. The Balaban J connectivity index is 1.60. The number of fused-ring (bicyclic) bond motifs is 1. The summed E-state index contributed by atoms with van der Waals surface area (Å²) in [6, 6.07) is 14.4. The predicted octanol–water partition coefficient (Wildman–Crippen LogP) is 4.91. The Morgan fingerprint density at radius 2 is 1.97 bits per heavy atom. The molecule has 5 nitrogen and oxygen atoms in total. The van der Waals surface area contributed by atoms with E-state index in [4.69, 9.17) is 4.74 Å². The number of carbonyl (C=O) groups excluding carboxylic acids is 1. The topological polar surface area (TPSA) is 53.9 Å². The highest BCUT2D eigenvalue weighted by Gasteiger charge is 2.37. The highest BCUT2D eigenvalue weighted by atomic mass is 16.5. The molecule has 1 heterocycles. The molecule has 0 fully saturated rings. The number of allylic oxidation sites excluding steroid dienone is 2. The quantitative estimate of drug-likeness (QED) is 0.549. The zero-order valence-corrected chi connectivity index (χ0v) is 18.7. The smallest absolute Gasteiger partial charge is 0.277 e. The summed E-state index contributed by atoms with van der Waals surface area (Å²) >= 11 is 0. The molecule has 0 unspecified atom stereocenters. The molecule has 158 valence electrons. The number of para-hydroxylation sites is 1. The number of benzene rings is 2. The van der Waals surface area contributed by atoms with Crippen molar-refractivity contribution in [1.29, 1.82) is 0 Å².